The molecule has 0 amide bonds. The second kappa shape index (κ2) is 6.59. The van der Waals surface area contributed by atoms with Crippen molar-refractivity contribution in [2.24, 2.45) is 0 Å². The number of carbonyl (C=O) groups excluding carboxylic acids is 2. The summed E-state index contributed by atoms with van der Waals surface area (Å²) in [6, 6.07) is 4.58. The molecule has 1 aliphatic carbocycles. The minimum atomic E-state index is -0.402. The summed E-state index contributed by atoms with van der Waals surface area (Å²) in [4.78, 5) is 26.5. The van der Waals surface area contributed by atoms with E-state index in [4.69, 9.17) is 23.7 Å². The van der Waals surface area contributed by atoms with Gasteiger partial charge in [-0.25, -0.2) is 0 Å². The highest BCUT2D eigenvalue weighted by Crippen LogP contribution is 2.46. The number of carbonyl (C=O) groups is 2. The molecule has 2 aromatic rings. The SMILES string of the molecule is COc1cc(OC)c2c(c1)C(=O)c1c(OC)c(OC)cc(OC)c1C2=O. The normalized spacial score (nSPS) is 12.2. The first kappa shape index (κ1) is 17.6. The Hall–Kier alpha value is -3.22. The first-order chi connectivity index (χ1) is 12.5. The second-order valence-corrected chi connectivity index (χ2v) is 5.47. The Morgan fingerprint density at radius 1 is 0.577 bits per heavy atom. The molecule has 2 aromatic carbocycles. The molecular weight excluding hydrogens is 340 g/mol. The molecule has 0 fully saturated rings. The van der Waals surface area contributed by atoms with Gasteiger partial charge < -0.3 is 23.7 Å². The third kappa shape index (κ3) is 2.35. The van der Waals surface area contributed by atoms with Crippen LogP contribution in [0.25, 0.3) is 0 Å². The molecule has 0 N–H and O–H groups in total. The Morgan fingerprint density at radius 2 is 1.19 bits per heavy atom. The van der Waals surface area contributed by atoms with Crippen LogP contribution in [0.4, 0.5) is 0 Å². The van der Waals surface area contributed by atoms with Crippen molar-refractivity contribution >= 4 is 11.6 Å². The number of fused-ring (bicyclic) bond motifs is 2. The maximum absolute atomic E-state index is 13.3. The van der Waals surface area contributed by atoms with Crippen LogP contribution >= 0.6 is 0 Å². The smallest absolute Gasteiger partial charge is 0.202 e. The van der Waals surface area contributed by atoms with Gasteiger partial charge in [-0.1, -0.05) is 0 Å². The molecule has 0 saturated carbocycles. The minimum absolute atomic E-state index is 0.0940. The largest absolute Gasteiger partial charge is 0.497 e. The van der Waals surface area contributed by atoms with Gasteiger partial charge in [0, 0.05) is 17.7 Å². The molecule has 0 atom stereocenters. The third-order valence-electron chi connectivity index (χ3n) is 4.31. The fourth-order valence-corrected chi connectivity index (χ4v) is 3.12. The molecule has 7 nitrogen and oxygen atoms in total. The van der Waals surface area contributed by atoms with Crippen LogP contribution in [0, 0.1) is 0 Å². The van der Waals surface area contributed by atoms with Gasteiger partial charge >= 0.3 is 0 Å². The Kier molecular flexibility index (Phi) is 4.46. The van der Waals surface area contributed by atoms with E-state index >= 15 is 0 Å². The van der Waals surface area contributed by atoms with Crippen LogP contribution < -0.4 is 23.7 Å². The molecule has 0 radical (unpaired) electrons. The zero-order valence-electron chi connectivity index (χ0n) is 15.1. The van der Waals surface area contributed by atoms with Crippen molar-refractivity contribution < 1.29 is 33.3 Å². The van der Waals surface area contributed by atoms with E-state index in [1.807, 2.05) is 0 Å². The lowest BCUT2D eigenvalue weighted by Crippen LogP contribution is -2.24. The van der Waals surface area contributed by atoms with Gasteiger partial charge in [-0.15, -0.1) is 0 Å². The van der Waals surface area contributed by atoms with E-state index in [0.717, 1.165) is 0 Å². The van der Waals surface area contributed by atoms with E-state index in [2.05, 4.69) is 0 Å². The molecule has 0 heterocycles. The maximum atomic E-state index is 13.3. The van der Waals surface area contributed by atoms with Crippen molar-refractivity contribution in [2.75, 3.05) is 35.5 Å². The van der Waals surface area contributed by atoms with Crippen molar-refractivity contribution in [1.82, 2.24) is 0 Å². The molecule has 0 aliphatic heterocycles. The van der Waals surface area contributed by atoms with E-state index in [0.29, 0.717) is 11.5 Å². The molecule has 0 saturated heterocycles. The quantitative estimate of drug-likeness (QED) is 0.693. The average molecular weight is 358 g/mol. The van der Waals surface area contributed by atoms with Gasteiger partial charge in [0.1, 0.15) is 17.2 Å². The molecule has 7 heteroatoms. The number of methoxy groups -OCH3 is 5. The monoisotopic (exact) mass is 358 g/mol. The van der Waals surface area contributed by atoms with E-state index in [1.165, 1.54) is 47.7 Å². The van der Waals surface area contributed by atoms with Crippen LogP contribution in [0.5, 0.6) is 28.7 Å². The van der Waals surface area contributed by atoms with Crippen molar-refractivity contribution in [1.29, 1.82) is 0 Å². The summed E-state index contributed by atoms with van der Waals surface area (Å²) in [6.45, 7) is 0. The molecule has 136 valence electrons. The summed E-state index contributed by atoms with van der Waals surface area (Å²) in [7, 11) is 7.16. The Morgan fingerprint density at radius 3 is 1.73 bits per heavy atom. The lowest BCUT2D eigenvalue weighted by molar-refractivity contribution is 0.0970. The second-order valence-electron chi connectivity index (χ2n) is 5.47. The zero-order chi connectivity index (χ0) is 19.0. The third-order valence-corrected chi connectivity index (χ3v) is 4.31. The predicted molar refractivity (Wildman–Crippen MR) is 92.5 cm³/mol. The van der Waals surface area contributed by atoms with Gasteiger partial charge in [0.15, 0.2) is 17.3 Å². The molecule has 1 aliphatic rings. The van der Waals surface area contributed by atoms with Gasteiger partial charge in [-0.3, -0.25) is 9.59 Å². The first-order valence-electron chi connectivity index (χ1n) is 7.70. The van der Waals surface area contributed by atoms with Crippen LogP contribution in [0.15, 0.2) is 18.2 Å². The Bertz CT molecular complexity index is 915. The van der Waals surface area contributed by atoms with Crippen LogP contribution in [-0.2, 0) is 0 Å². The first-order valence-corrected chi connectivity index (χ1v) is 7.70. The van der Waals surface area contributed by atoms with Crippen LogP contribution in [-0.4, -0.2) is 47.1 Å². The zero-order valence-corrected chi connectivity index (χ0v) is 15.1. The summed E-state index contributed by atoms with van der Waals surface area (Å²) in [5.41, 5.74) is 0.547. The number of rotatable bonds is 5. The molecule has 0 spiro atoms. The molecule has 0 unspecified atom stereocenters. The molecular formula is C19H18O7. The topological polar surface area (TPSA) is 80.3 Å². The van der Waals surface area contributed by atoms with E-state index in [9.17, 15) is 9.59 Å². The number of hydrogen-bond acceptors (Lipinski definition) is 7. The summed E-state index contributed by atoms with van der Waals surface area (Å²) < 4.78 is 26.5. The van der Waals surface area contributed by atoms with Gasteiger partial charge in [0.05, 0.1) is 52.2 Å². The molecule has 26 heavy (non-hydrogen) atoms. The predicted octanol–water partition coefficient (Wildman–Crippen LogP) is 2.51. The fraction of sp³-hybridized carbons (Fsp3) is 0.263. The highest BCUT2D eigenvalue weighted by atomic mass is 16.5. The lowest BCUT2D eigenvalue weighted by atomic mass is 9.82. The highest BCUT2D eigenvalue weighted by Gasteiger charge is 2.39. The lowest BCUT2D eigenvalue weighted by Gasteiger charge is -2.24. The summed E-state index contributed by atoms with van der Waals surface area (Å²) in [5, 5.41) is 0. The molecule has 3 rings (SSSR count). The number of benzene rings is 2. The fourth-order valence-electron chi connectivity index (χ4n) is 3.12. The summed E-state index contributed by atoms with van der Waals surface area (Å²) in [6.07, 6.45) is 0. The molecule has 0 bridgehead atoms. The Labute approximate surface area is 150 Å². The molecule has 0 aromatic heterocycles. The van der Waals surface area contributed by atoms with Gasteiger partial charge in [0.2, 0.25) is 5.78 Å². The number of ketones is 2. The maximum Gasteiger partial charge on any atom is 0.202 e. The van der Waals surface area contributed by atoms with Gasteiger partial charge in [0.25, 0.3) is 0 Å². The average Bonchev–Trinajstić information content (AvgIpc) is 2.68. The van der Waals surface area contributed by atoms with Crippen molar-refractivity contribution in [3.8, 4) is 28.7 Å². The van der Waals surface area contributed by atoms with Crippen molar-refractivity contribution in [2.45, 2.75) is 0 Å². The van der Waals surface area contributed by atoms with E-state index < -0.39 is 11.6 Å². The standard InChI is InChI=1S/C19H18O7/c1-22-9-6-10-14(11(7-9)23-2)18(21)15-12(24-3)8-13(25-4)19(26-5)16(15)17(10)20/h6-8H,1-5H3. The van der Waals surface area contributed by atoms with Gasteiger partial charge in [-0.2, -0.15) is 0 Å². The summed E-state index contributed by atoms with van der Waals surface area (Å²) in [5.74, 6) is 0.545. The number of hydrogen-bond donors (Lipinski definition) is 0. The summed E-state index contributed by atoms with van der Waals surface area (Å²) >= 11 is 0. The Balaban J connectivity index is 2.41. The van der Waals surface area contributed by atoms with Gasteiger partial charge in [-0.05, 0) is 6.07 Å². The van der Waals surface area contributed by atoms with E-state index in [1.54, 1.807) is 6.07 Å². The number of ether oxygens (including phenoxy) is 5. The highest BCUT2D eigenvalue weighted by molar-refractivity contribution is 6.31. The van der Waals surface area contributed by atoms with Crippen LogP contribution in [0.1, 0.15) is 31.8 Å². The van der Waals surface area contributed by atoms with Crippen molar-refractivity contribution in [3.63, 3.8) is 0 Å². The van der Waals surface area contributed by atoms with Crippen molar-refractivity contribution in [3.05, 3.63) is 40.5 Å². The van der Waals surface area contributed by atoms with Crippen LogP contribution in [0.2, 0.25) is 0 Å². The van der Waals surface area contributed by atoms with E-state index in [-0.39, 0.29) is 39.5 Å². The van der Waals surface area contributed by atoms with Crippen LogP contribution in [0.3, 0.4) is 0 Å². The minimum Gasteiger partial charge on any atom is -0.497 e.